The largest absolute Gasteiger partial charge is 0.397 e. The van der Waals surface area contributed by atoms with Crippen molar-refractivity contribution in [3.05, 3.63) is 48.0 Å². The molecule has 0 unspecified atom stereocenters. The van der Waals surface area contributed by atoms with E-state index in [2.05, 4.69) is 15.4 Å². The van der Waals surface area contributed by atoms with Crippen LogP contribution in [0.15, 0.2) is 36.8 Å². The van der Waals surface area contributed by atoms with E-state index in [1.165, 1.54) is 5.56 Å². The molecule has 0 atom stereocenters. The van der Waals surface area contributed by atoms with Crippen molar-refractivity contribution < 1.29 is 0 Å². The van der Waals surface area contributed by atoms with Gasteiger partial charge in [0.15, 0.2) is 0 Å². The van der Waals surface area contributed by atoms with Gasteiger partial charge in [0.05, 0.1) is 17.1 Å². The van der Waals surface area contributed by atoms with Crippen LogP contribution in [0, 0.1) is 6.92 Å². The molecule has 0 saturated carbocycles. The van der Waals surface area contributed by atoms with Gasteiger partial charge in [0, 0.05) is 48.5 Å². The third-order valence-corrected chi connectivity index (χ3v) is 3.45. The van der Waals surface area contributed by atoms with Gasteiger partial charge in [0.1, 0.15) is 0 Å². The van der Waals surface area contributed by atoms with Crippen molar-refractivity contribution in [2.24, 2.45) is 7.05 Å². The Morgan fingerprint density at radius 3 is 2.90 bits per heavy atom. The van der Waals surface area contributed by atoms with Crippen molar-refractivity contribution in [1.82, 2.24) is 14.8 Å². The zero-order chi connectivity index (χ0) is 14.1. The number of nitrogens with two attached hydrogens (primary N) is 1. The van der Waals surface area contributed by atoms with Gasteiger partial charge in [-0.3, -0.25) is 9.67 Å². The summed E-state index contributed by atoms with van der Waals surface area (Å²) in [6.45, 7) is 2.72. The molecule has 0 spiro atoms. The quantitative estimate of drug-likeness (QED) is 0.715. The molecular formula is C15H17N5. The second-order valence-electron chi connectivity index (χ2n) is 4.89. The van der Waals surface area contributed by atoms with Crippen molar-refractivity contribution in [2.75, 3.05) is 11.1 Å². The van der Waals surface area contributed by atoms with Gasteiger partial charge in [-0.2, -0.15) is 5.10 Å². The molecule has 3 rings (SSSR count). The first kappa shape index (κ1) is 12.5. The molecule has 0 bridgehead atoms. The van der Waals surface area contributed by atoms with Crippen LogP contribution in [0.1, 0.15) is 11.3 Å². The maximum atomic E-state index is 6.22. The summed E-state index contributed by atoms with van der Waals surface area (Å²) >= 11 is 0. The van der Waals surface area contributed by atoms with Gasteiger partial charge in [-0.25, -0.2) is 0 Å². The summed E-state index contributed by atoms with van der Waals surface area (Å²) in [5.74, 6) is 0. The lowest BCUT2D eigenvalue weighted by Crippen LogP contribution is -2.03. The van der Waals surface area contributed by atoms with Crippen molar-refractivity contribution in [2.45, 2.75) is 13.5 Å². The molecule has 102 valence electrons. The van der Waals surface area contributed by atoms with Crippen LogP contribution in [-0.2, 0) is 13.6 Å². The minimum Gasteiger partial charge on any atom is -0.397 e. The van der Waals surface area contributed by atoms with Gasteiger partial charge < -0.3 is 11.1 Å². The average molecular weight is 267 g/mol. The standard InChI is InChI=1S/C15H17N5/c1-10-12(9-20(2)19-10)8-18-14-4-3-11-7-17-6-5-13(11)15(14)16/h3-7,9,18H,8,16H2,1-2H3. The Hall–Kier alpha value is -2.56. The Morgan fingerprint density at radius 1 is 1.30 bits per heavy atom. The van der Waals surface area contributed by atoms with E-state index in [-0.39, 0.29) is 0 Å². The molecule has 1 aromatic carbocycles. The van der Waals surface area contributed by atoms with E-state index in [1.807, 2.05) is 49.2 Å². The number of rotatable bonds is 3. The zero-order valence-corrected chi connectivity index (χ0v) is 11.6. The Labute approximate surface area is 117 Å². The molecule has 2 heterocycles. The number of nitrogens with zero attached hydrogens (tertiary/aromatic N) is 3. The van der Waals surface area contributed by atoms with Crippen LogP contribution >= 0.6 is 0 Å². The van der Waals surface area contributed by atoms with Crippen LogP contribution < -0.4 is 11.1 Å². The monoisotopic (exact) mass is 267 g/mol. The summed E-state index contributed by atoms with van der Waals surface area (Å²) in [4.78, 5) is 4.10. The highest BCUT2D eigenvalue weighted by atomic mass is 15.2. The van der Waals surface area contributed by atoms with Gasteiger partial charge >= 0.3 is 0 Å². The molecular weight excluding hydrogens is 250 g/mol. The highest BCUT2D eigenvalue weighted by Gasteiger charge is 2.06. The van der Waals surface area contributed by atoms with E-state index in [4.69, 9.17) is 5.73 Å². The fourth-order valence-electron chi connectivity index (χ4n) is 2.36. The van der Waals surface area contributed by atoms with Gasteiger partial charge in [0.25, 0.3) is 0 Å². The number of pyridine rings is 1. The summed E-state index contributed by atoms with van der Waals surface area (Å²) < 4.78 is 1.82. The van der Waals surface area contributed by atoms with E-state index in [0.29, 0.717) is 6.54 Å². The fourth-order valence-corrected chi connectivity index (χ4v) is 2.36. The molecule has 2 aromatic heterocycles. The first-order chi connectivity index (χ1) is 9.65. The van der Waals surface area contributed by atoms with Crippen LogP contribution in [0.25, 0.3) is 10.8 Å². The van der Waals surface area contributed by atoms with Crippen LogP contribution in [0.4, 0.5) is 11.4 Å². The number of hydrogen-bond acceptors (Lipinski definition) is 4. The van der Waals surface area contributed by atoms with E-state index in [9.17, 15) is 0 Å². The van der Waals surface area contributed by atoms with E-state index >= 15 is 0 Å². The molecule has 0 radical (unpaired) electrons. The second kappa shape index (κ2) is 4.85. The van der Waals surface area contributed by atoms with Crippen LogP contribution in [0.5, 0.6) is 0 Å². The lowest BCUT2D eigenvalue weighted by Gasteiger charge is -2.11. The molecule has 20 heavy (non-hydrogen) atoms. The smallest absolute Gasteiger partial charge is 0.0643 e. The molecule has 3 aromatic rings. The summed E-state index contributed by atoms with van der Waals surface area (Å²) in [7, 11) is 1.92. The van der Waals surface area contributed by atoms with Crippen LogP contribution in [-0.4, -0.2) is 14.8 Å². The third kappa shape index (κ3) is 2.18. The predicted octanol–water partition coefficient (Wildman–Crippen LogP) is 2.47. The normalized spacial score (nSPS) is 10.9. The van der Waals surface area contributed by atoms with Crippen LogP contribution in [0.3, 0.4) is 0 Å². The highest BCUT2D eigenvalue weighted by molar-refractivity contribution is 5.98. The van der Waals surface area contributed by atoms with Crippen molar-refractivity contribution in [1.29, 1.82) is 0 Å². The third-order valence-electron chi connectivity index (χ3n) is 3.45. The number of anilines is 2. The van der Waals surface area contributed by atoms with Gasteiger partial charge in [-0.15, -0.1) is 0 Å². The molecule has 0 saturated heterocycles. The molecule has 0 aliphatic carbocycles. The molecule has 0 amide bonds. The Bertz CT molecular complexity index is 760. The maximum absolute atomic E-state index is 6.22. The van der Waals surface area contributed by atoms with E-state index < -0.39 is 0 Å². The molecule has 3 N–H and O–H groups in total. The number of fused-ring (bicyclic) bond motifs is 1. The molecule has 5 nitrogen and oxygen atoms in total. The van der Waals surface area contributed by atoms with Crippen LogP contribution in [0.2, 0.25) is 0 Å². The molecule has 0 fully saturated rings. The summed E-state index contributed by atoms with van der Waals surface area (Å²) in [6, 6.07) is 5.95. The topological polar surface area (TPSA) is 68.8 Å². The predicted molar refractivity (Wildman–Crippen MR) is 81.4 cm³/mol. The first-order valence-corrected chi connectivity index (χ1v) is 6.50. The fraction of sp³-hybridized carbons (Fsp3) is 0.200. The minimum absolute atomic E-state index is 0.709. The number of hydrogen-bond donors (Lipinski definition) is 2. The number of nitrogens with one attached hydrogen (secondary N) is 1. The SMILES string of the molecule is Cc1nn(C)cc1CNc1ccc2cnccc2c1N. The summed E-state index contributed by atoms with van der Waals surface area (Å²) in [5.41, 5.74) is 10.1. The Morgan fingerprint density at radius 2 is 2.15 bits per heavy atom. The highest BCUT2D eigenvalue weighted by Crippen LogP contribution is 2.28. The first-order valence-electron chi connectivity index (χ1n) is 6.50. The Kier molecular flexibility index (Phi) is 3.02. The lowest BCUT2D eigenvalue weighted by atomic mass is 10.1. The molecule has 0 aliphatic heterocycles. The number of benzene rings is 1. The van der Waals surface area contributed by atoms with E-state index in [1.54, 1.807) is 6.20 Å². The van der Waals surface area contributed by atoms with Gasteiger partial charge in [0.2, 0.25) is 0 Å². The molecule has 0 aliphatic rings. The lowest BCUT2D eigenvalue weighted by molar-refractivity contribution is 0.756. The number of aromatic nitrogens is 3. The van der Waals surface area contributed by atoms with Crippen molar-refractivity contribution in [3.8, 4) is 0 Å². The number of nitrogen functional groups attached to an aromatic ring is 1. The Balaban J connectivity index is 1.88. The average Bonchev–Trinajstić information content (AvgIpc) is 2.77. The van der Waals surface area contributed by atoms with Crippen molar-refractivity contribution >= 4 is 22.1 Å². The molecule has 5 heteroatoms. The minimum atomic E-state index is 0.709. The summed E-state index contributed by atoms with van der Waals surface area (Å²) in [5, 5.41) is 9.78. The van der Waals surface area contributed by atoms with Gasteiger partial charge in [-0.05, 0) is 19.1 Å². The van der Waals surface area contributed by atoms with Crippen molar-refractivity contribution in [3.63, 3.8) is 0 Å². The summed E-state index contributed by atoms with van der Waals surface area (Å²) in [6.07, 6.45) is 5.60. The van der Waals surface area contributed by atoms with Gasteiger partial charge in [-0.1, -0.05) is 6.07 Å². The second-order valence-corrected chi connectivity index (χ2v) is 4.89. The zero-order valence-electron chi connectivity index (χ0n) is 11.6. The van der Waals surface area contributed by atoms with E-state index in [0.717, 1.165) is 27.8 Å². The number of aryl methyl sites for hydroxylation is 2. The maximum Gasteiger partial charge on any atom is 0.0643 e.